The Bertz CT molecular complexity index is 1270. The third-order valence-electron chi connectivity index (χ3n) is 5.72. The number of benzene rings is 1. The lowest BCUT2D eigenvalue weighted by atomic mass is 9.88. The Morgan fingerprint density at radius 2 is 1.87 bits per heavy atom. The lowest BCUT2D eigenvalue weighted by Gasteiger charge is -2.30. The minimum absolute atomic E-state index is 0.0964. The summed E-state index contributed by atoms with van der Waals surface area (Å²) in [7, 11) is 0. The van der Waals surface area contributed by atoms with E-state index < -0.39 is 13.0 Å². The first-order valence-corrected chi connectivity index (χ1v) is 10.7. The van der Waals surface area contributed by atoms with E-state index in [-0.39, 0.29) is 19.4 Å². The largest absolute Gasteiger partial charge is 0.298 e. The van der Waals surface area contributed by atoms with Crippen LogP contribution in [0.1, 0.15) is 51.8 Å². The van der Waals surface area contributed by atoms with Crippen LogP contribution in [-0.4, -0.2) is 27.9 Å². The summed E-state index contributed by atoms with van der Waals surface area (Å²) in [6.07, 6.45) is 6.98. The van der Waals surface area contributed by atoms with Crippen LogP contribution in [0.4, 0.5) is 0 Å². The van der Waals surface area contributed by atoms with Gasteiger partial charge in [0.15, 0.2) is 0 Å². The molecule has 3 aromatic rings. The average Bonchev–Trinajstić information content (AvgIpc) is 2.92. The Kier molecular flexibility index (Phi) is 4.26. The second kappa shape index (κ2) is 8.33. The van der Waals surface area contributed by atoms with Crippen molar-refractivity contribution in [3.05, 3.63) is 99.1 Å². The maximum atomic E-state index is 8.90. The van der Waals surface area contributed by atoms with Gasteiger partial charge in [-0.3, -0.25) is 14.9 Å². The highest BCUT2D eigenvalue weighted by Gasteiger charge is 2.25. The zero-order chi connectivity index (χ0) is 24.1. The van der Waals surface area contributed by atoms with Crippen molar-refractivity contribution in [2.75, 3.05) is 13.0 Å². The highest BCUT2D eigenvalue weighted by atomic mass is 35.5. The Labute approximate surface area is 189 Å². The molecule has 30 heavy (non-hydrogen) atoms. The third-order valence-corrected chi connectivity index (χ3v) is 5.96. The molecule has 0 unspecified atom stereocenters. The molecule has 1 saturated heterocycles. The molecule has 0 spiro atoms. The molecule has 1 fully saturated rings. The van der Waals surface area contributed by atoms with Crippen LogP contribution in [0, 0.1) is 6.92 Å². The van der Waals surface area contributed by atoms with Gasteiger partial charge in [-0.15, -0.1) is 0 Å². The highest BCUT2D eigenvalue weighted by molar-refractivity contribution is 6.30. The van der Waals surface area contributed by atoms with Gasteiger partial charge in [-0.25, -0.2) is 0 Å². The summed E-state index contributed by atoms with van der Waals surface area (Å²) in [5, 5.41) is 0.661. The lowest BCUT2D eigenvalue weighted by molar-refractivity contribution is 0.248. The zero-order valence-electron chi connectivity index (χ0n) is 21.0. The quantitative estimate of drug-likeness (QED) is 0.538. The molecule has 0 amide bonds. The van der Waals surface area contributed by atoms with Gasteiger partial charge < -0.3 is 0 Å². The van der Waals surface area contributed by atoms with Crippen LogP contribution in [0.3, 0.4) is 0 Å². The van der Waals surface area contributed by atoms with Crippen molar-refractivity contribution in [2.45, 2.75) is 39.2 Å². The van der Waals surface area contributed by atoms with Crippen molar-refractivity contribution >= 4 is 17.2 Å². The second-order valence-electron chi connectivity index (χ2n) is 7.92. The van der Waals surface area contributed by atoms with E-state index in [2.05, 4.69) is 11.1 Å². The topological polar surface area (TPSA) is 29.0 Å². The SMILES string of the molecule is [2H]C1([2H])CC(=C2c3ccc(Cl)cc3CCc3cccnc32)CC([2H])([2H])N1Cc1cncc(C)c1. The molecule has 1 aromatic carbocycles. The van der Waals surface area contributed by atoms with E-state index in [4.69, 9.17) is 22.1 Å². The fraction of sp³-hybridized carbons (Fsp3) is 0.308. The van der Waals surface area contributed by atoms with Crippen molar-refractivity contribution in [1.82, 2.24) is 14.9 Å². The third kappa shape index (κ3) is 3.92. The number of halogens is 1. The van der Waals surface area contributed by atoms with Crippen molar-refractivity contribution in [3.63, 3.8) is 0 Å². The molecule has 0 atom stereocenters. The van der Waals surface area contributed by atoms with E-state index in [0.717, 1.165) is 57.5 Å². The van der Waals surface area contributed by atoms with E-state index in [1.54, 1.807) is 18.6 Å². The van der Waals surface area contributed by atoms with Crippen LogP contribution >= 0.6 is 11.6 Å². The van der Waals surface area contributed by atoms with Crippen LogP contribution in [-0.2, 0) is 19.4 Å². The summed E-state index contributed by atoms with van der Waals surface area (Å²) < 4.78 is 35.6. The predicted molar refractivity (Wildman–Crippen MR) is 123 cm³/mol. The molecule has 1 aliphatic carbocycles. The summed E-state index contributed by atoms with van der Waals surface area (Å²) in [5.41, 5.74) is 7.33. The fourth-order valence-electron chi connectivity index (χ4n) is 4.31. The maximum Gasteiger partial charge on any atom is 0.0739 e. The Hall–Kier alpha value is -2.49. The molecule has 1 aliphatic heterocycles. The molecule has 3 nitrogen and oxygen atoms in total. The first kappa shape index (κ1) is 15.3. The summed E-state index contributed by atoms with van der Waals surface area (Å²) >= 11 is 6.31. The highest BCUT2D eigenvalue weighted by Crippen LogP contribution is 2.38. The second-order valence-corrected chi connectivity index (χ2v) is 8.35. The van der Waals surface area contributed by atoms with Crippen LogP contribution in [0.25, 0.3) is 5.57 Å². The Morgan fingerprint density at radius 1 is 1.03 bits per heavy atom. The maximum absolute atomic E-state index is 8.90. The summed E-state index contributed by atoms with van der Waals surface area (Å²) in [5.74, 6) is 0. The Balaban J connectivity index is 1.63. The molecule has 0 saturated carbocycles. The standard InChI is InChI=1S/C26H26ClN3/c1-18-13-19(16-28-15-18)17-30-11-8-20(9-12-30)25-24-7-6-23(27)14-22(24)5-4-21-3-2-10-29-26(21)25/h2-3,6-7,10,13-16H,4-5,8-9,11-12,17H2,1H3/i11D2,12D2. The fourth-order valence-corrected chi connectivity index (χ4v) is 4.50. The minimum Gasteiger partial charge on any atom is -0.298 e. The molecule has 0 radical (unpaired) electrons. The summed E-state index contributed by atoms with van der Waals surface area (Å²) in [6, 6.07) is 11.7. The molecule has 5 rings (SSSR count). The van der Waals surface area contributed by atoms with Gasteiger partial charge in [0.1, 0.15) is 0 Å². The van der Waals surface area contributed by atoms with Crippen LogP contribution in [0.15, 0.2) is 60.6 Å². The van der Waals surface area contributed by atoms with Gasteiger partial charge in [0.2, 0.25) is 0 Å². The van der Waals surface area contributed by atoms with Gasteiger partial charge >= 0.3 is 0 Å². The molecule has 2 aliphatic rings. The number of hydrogen-bond donors (Lipinski definition) is 0. The summed E-state index contributed by atoms with van der Waals surface area (Å²) in [4.78, 5) is 10.2. The molecule has 2 aromatic heterocycles. The van der Waals surface area contributed by atoms with Gasteiger partial charge in [-0.1, -0.05) is 35.4 Å². The van der Waals surface area contributed by atoms with Gasteiger partial charge in [0.05, 0.1) is 5.69 Å². The number of aromatic nitrogens is 2. The van der Waals surface area contributed by atoms with Crippen molar-refractivity contribution in [2.24, 2.45) is 0 Å². The van der Waals surface area contributed by atoms with Gasteiger partial charge in [0, 0.05) is 54.2 Å². The molecule has 4 heteroatoms. The van der Waals surface area contributed by atoms with Crippen molar-refractivity contribution in [3.8, 4) is 0 Å². The lowest BCUT2D eigenvalue weighted by Crippen LogP contribution is -2.30. The molecule has 0 N–H and O–H groups in total. The number of rotatable bonds is 2. The van der Waals surface area contributed by atoms with Gasteiger partial charge in [-0.05, 0) is 78.6 Å². The average molecular weight is 420 g/mol. The van der Waals surface area contributed by atoms with Crippen molar-refractivity contribution < 1.29 is 5.48 Å². The number of fused-ring (bicyclic) bond motifs is 2. The van der Waals surface area contributed by atoms with E-state index in [1.165, 1.54) is 4.90 Å². The molecular formula is C26H26ClN3. The van der Waals surface area contributed by atoms with Crippen LogP contribution in [0.2, 0.25) is 5.02 Å². The number of likely N-dealkylation sites (tertiary alicyclic amines) is 1. The number of aryl methyl sites for hydroxylation is 3. The van der Waals surface area contributed by atoms with Gasteiger partial charge in [0.25, 0.3) is 0 Å². The van der Waals surface area contributed by atoms with Crippen molar-refractivity contribution in [1.29, 1.82) is 0 Å². The van der Waals surface area contributed by atoms with E-state index in [0.29, 0.717) is 5.02 Å². The van der Waals surface area contributed by atoms with E-state index in [9.17, 15) is 0 Å². The van der Waals surface area contributed by atoms with Crippen LogP contribution in [0.5, 0.6) is 0 Å². The minimum atomic E-state index is -1.89. The Morgan fingerprint density at radius 3 is 2.70 bits per heavy atom. The zero-order valence-corrected chi connectivity index (χ0v) is 17.7. The smallest absolute Gasteiger partial charge is 0.0739 e. The first-order valence-electron chi connectivity index (χ1n) is 12.3. The molecular weight excluding hydrogens is 390 g/mol. The van der Waals surface area contributed by atoms with E-state index >= 15 is 0 Å². The molecule has 3 heterocycles. The number of hydrogen-bond acceptors (Lipinski definition) is 3. The monoisotopic (exact) mass is 419 g/mol. The first-order chi connectivity index (χ1) is 16.1. The molecule has 152 valence electrons. The number of nitrogens with zero attached hydrogens (tertiary/aromatic N) is 3. The predicted octanol–water partition coefficient (Wildman–Crippen LogP) is 5.63. The number of pyridine rings is 2. The normalized spacial score (nSPS) is 22.1. The summed E-state index contributed by atoms with van der Waals surface area (Å²) in [6.45, 7) is -1.69. The molecule has 0 bridgehead atoms. The van der Waals surface area contributed by atoms with E-state index in [1.807, 2.05) is 37.3 Å². The van der Waals surface area contributed by atoms with Gasteiger partial charge in [-0.2, -0.15) is 0 Å². The number of piperidine rings is 1. The van der Waals surface area contributed by atoms with Crippen LogP contribution < -0.4 is 0 Å².